The highest BCUT2D eigenvalue weighted by Crippen LogP contribution is 2.47. The van der Waals surface area contributed by atoms with Crippen LogP contribution in [0.4, 0.5) is 0 Å². The molecule has 0 atom stereocenters. The number of furan rings is 2. The molecule has 0 spiro atoms. The Labute approximate surface area is 242 Å². The van der Waals surface area contributed by atoms with Crippen LogP contribution in [-0.2, 0) is 0 Å². The number of rotatable bonds is 3. The van der Waals surface area contributed by atoms with Gasteiger partial charge < -0.3 is 8.83 Å². The first kappa shape index (κ1) is 23.1. The smallest absolute Gasteiger partial charge is 0.178 e. The van der Waals surface area contributed by atoms with E-state index < -0.39 is 0 Å². The van der Waals surface area contributed by atoms with Crippen molar-refractivity contribution in [3.8, 4) is 33.6 Å². The molecule has 0 aliphatic carbocycles. The van der Waals surface area contributed by atoms with Gasteiger partial charge in [0.05, 0.1) is 0 Å². The van der Waals surface area contributed by atoms with Crippen LogP contribution in [0.2, 0.25) is 0 Å². The van der Waals surface area contributed by atoms with Gasteiger partial charge in [-0.25, -0.2) is 0 Å². The van der Waals surface area contributed by atoms with E-state index in [0.717, 1.165) is 49.8 Å². The van der Waals surface area contributed by atoms with E-state index >= 15 is 0 Å². The first-order chi connectivity index (χ1) is 20.8. The van der Waals surface area contributed by atoms with E-state index in [1.54, 1.807) is 0 Å². The van der Waals surface area contributed by atoms with Gasteiger partial charge in [-0.1, -0.05) is 127 Å². The SMILES string of the molecule is c1ccc(-c2cc3ccc4c(oc5cccc(-c6c7ccccc7c(-c7ccccc7)c7ccccc67)c54)c3o2)cc1. The summed E-state index contributed by atoms with van der Waals surface area (Å²) >= 11 is 0. The highest BCUT2D eigenvalue weighted by atomic mass is 16.4. The third kappa shape index (κ3) is 3.33. The summed E-state index contributed by atoms with van der Waals surface area (Å²) in [6.07, 6.45) is 0. The van der Waals surface area contributed by atoms with Gasteiger partial charge in [-0.3, -0.25) is 0 Å². The predicted molar refractivity (Wildman–Crippen MR) is 175 cm³/mol. The molecule has 42 heavy (non-hydrogen) atoms. The van der Waals surface area contributed by atoms with Crippen LogP contribution < -0.4 is 0 Å². The first-order valence-corrected chi connectivity index (χ1v) is 14.3. The third-order valence-corrected chi connectivity index (χ3v) is 8.47. The summed E-state index contributed by atoms with van der Waals surface area (Å²) in [6, 6.07) is 51.3. The molecule has 0 fully saturated rings. The van der Waals surface area contributed by atoms with Crippen LogP contribution >= 0.6 is 0 Å². The van der Waals surface area contributed by atoms with Crippen molar-refractivity contribution >= 4 is 54.5 Å². The monoisotopic (exact) mass is 536 g/mol. The van der Waals surface area contributed by atoms with Crippen LogP contribution in [0, 0.1) is 0 Å². The molecule has 0 radical (unpaired) electrons. The molecule has 0 unspecified atom stereocenters. The molecule has 196 valence electrons. The minimum absolute atomic E-state index is 0.780. The highest BCUT2D eigenvalue weighted by molar-refractivity contribution is 6.26. The quantitative estimate of drug-likeness (QED) is 0.210. The van der Waals surface area contributed by atoms with E-state index in [4.69, 9.17) is 8.83 Å². The minimum atomic E-state index is 0.780. The fraction of sp³-hybridized carbons (Fsp3) is 0. The maximum atomic E-state index is 6.60. The zero-order valence-electron chi connectivity index (χ0n) is 22.7. The Morgan fingerprint density at radius 1 is 0.381 bits per heavy atom. The summed E-state index contributed by atoms with van der Waals surface area (Å²) in [7, 11) is 0. The average molecular weight is 537 g/mol. The summed E-state index contributed by atoms with van der Waals surface area (Å²) in [6.45, 7) is 0. The molecular weight excluding hydrogens is 512 g/mol. The van der Waals surface area contributed by atoms with Gasteiger partial charge in [0.25, 0.3) is 0 Å². The van der Waals surface area contributed by atoms with Crippen molar-refractivity contribution in [3.63, 3.8) is 0 Å². The first-order valence-electron chi connectivity index (χ1n) is 14.3. The van der Waals surface area contributed by atoms with Crippen LogP contribution in [0.5, 0.6) is 0 Å². The summed E-state index contributed by atoms with van der Waals surface area (Å²) in [5.41, 5.74) is 8.34. The largest absolute Gasteiger partial charge is 0.452 e. The van der Waals surface area contributed by atoms with Gasteiger partial charge in [0.15, 0.2) is 11.2 Å². The van der Waals surface area contributed by atoms with Gasteiger partial charge in [-0.15, -0.1) is 0 Å². The maximum Gasteiger partial charge on any atom is 0.178 e. The Balaban J connectivity index is 1.39. The third-order valence-electron chi connectivity index (χ3n) is 8.47. The lowest BCUT2D eigenvalue weighted by Gasteiger charge is -2.18. The van der Waals surface area contributed by atoms with Gasteiger partial charge in [-0.05, 0) is 62.0 Å². The van der Waals surface area contributed by atoms with E-state index in [-0.39, 0.29) is 0 Å². The van der Waals surface area contributed by atoms with Gasteiger partial charge in [0.2, 0.25) is 0 Å². The van der Waals surface area contributed by atoms with Crippen molar-refractivity contribution < 1.29 is 8.83 Å². The second kappa shape index (κ2) is 8.95. The molecule has 0 amide bonds. The van der Waals surface area contributed by atoms with Gasteiger partial charge in [0, 0.05) is 21.7 Å². The molecule has 2 heteroatoms. The summed E-state index contributed by atoms with van der Waals surface area (Å²) in [5, 5.41) is 8.12. The molecule has 0 N–H and O–H groups in total. The van der Waals surface area contributed by atoms with Crippen molar-refractivity contribution in [1.29, 1.82) is 0 Å². The van der Waals surface area contributed by atoms with Gasteiger partial charge in [-0.2, -0.15) is 0 Å². The molecule has 0 saturated heterocycles. The van der Waals surface area contributed by atoms with Crippen molar-refractivity contribution in [2.24, 2.45) is 0 Å². The molecule has 0 aliphatic rings. The Kier molecular flexibility index (Phi) is 4.93. The topological polar surface area (TPSA) is 26.3 Å². The minimum Gasteiger partial charge on any atom is -0.452 e. The normalized spacial score (nSPS) is 11.8. The lowest BCUT2D eigenvalue weighted by Crippen LogP contribution is -1.91. The summed E-state index contributed by atoms with van der Waals surface area (Å²) < 4.78 is 13.1. The van der Waals surface area contributed by atoms with Crippen LogP contribution in [0.25, 0.3) is 88.0 Å². The number of hydrogen-bond acceptors (Lipinski definition) is 2. The molecule has 2 nitrogen and oxygen atoms in total. The number of benzene rings is 7. The second-order valence-electron chi connectivity index (χ2n) is 10.8. The van der Waals surface area contributed by atoms with Crippen LogP contribution in [0.3, 0.4) is 0 Å². The van der Waals surface area contributed by atoms with E-state index in [2.05, 4.69) is 127 Å². The predicted octanol–water partition coefficient (Wildman–Crippen LogP) is 11.6. The Morgan fingerprint density at radius 3 is 1.64 bits per heavy atom. The zero-order valence-corrected chi connectivity index (χ0v) is 22.7. The summed E-state index contributed by atoms with van der Waals surface area (Å²) in [5.74, 6) is 0.840. The van der Waals surface area contributed by atoms with Crippen LogP contribution in [0.1, 0.15) is 0 Å². The van der Waals surface area contributed by atoms with E-state index in [9.17, 15) is 0 Å². The fourth-order valence-corrected chi connectivity index (χ4v) is 6.67. The molecular formula is C40H24O2. The molecule has 9 rings (SSSR count). The lowest BCUT2D eigenvalue weighted by molar-refractivity contribution is 0.611. The molecule has 2 aromatic heterocycles. The maximum absolute atomic E-state index is 6.60. The van der Waals surface area contributed by atoms with E-state index in [0.29, 0.717) is 0 Å². The molecule has 0 aliphatic heterocycles. The van der Waals surface area contributed by atoms with E-state index in [1.165, 1.54) is 38.2 Å². The standard InChI is InChI=1S/C40H24O2/c1-3-12-25(13-4-1)35-24-27-22-23-33-38-32(20-11-21-34(38)41-40(33)39(27)42-35)37-30-18-9-7-16-28(30)36(26-14-5-2-6-15-26)29-17-8-10-19-31(29)37/h1-24H. The molecule has 2 heterocycles. The summed E-state index contributed by atoms with van der Waals surface area (Å²) in [4.78, 5) is 0. The van der Waals surface area contributed by atoms with Gasteiger partial charge in [0.1, 0.15) is 11.3 Å². The van der Waals surface area contributed by atoms with Crippen molar-refractivity contribution in [1.82, 2.24) is 0 Å². The molecule has 0 bridgehead atoms. The number of fused-ring (bicyclic) bond motifs is 7. The van der Waals surface area contributed by atoms with E-state index in [1.807, 2.05) is 18.2 Å². The fourth-order valence-electron chi connectivity index (χ4n) is 6.67. The van der Waals surface area contributed by atoms with Crippen LogP contribution in [-0.4, -0.2) is 0 Å². The average Bonchev–Trinajstić information content (AvgIpc) is 3.66. The van der Waals surface area contributed by atoms with Gasteiger partial charge >= 0.3 is 0 Å². The molecule has 7 aromatic carbocycles. The molecule has 9 aromatic rings. The molecule has 0 saturated carbocycles. The van der Waals surface area contributed by atoms with Crippen LogP contribution in [0.15, 0.2) is 154 Å². The Bertz CT molecular complexity index is 2390. The number of hydrogen-bond donors (Lipinski definition) is 0. The van der Waals surface area contributed by atoms with Crippen molar-refractivity contribution in [2.75, 3.05) is 0 Å². The zero-order chi connectivity index (χ0) is 27.6. The second-order valence-corrected chi connectivity index (χ2v) is 10.8. The Morgan fingerprint density at radius 2 is 0.976 bits per heavy atom. The van der Waals surface area contributed by atoms with Crippen molar-refractivity contribution in [2.45, 2.75) is 0 Å². The Hall–Kier alpha value is -5.60. The van der Waals surface area contributed by atoms with Crippen molar-refractivity contribution in [3.05, 3.63) is 146 Å². The highest BCUT2D eigenvalue weighted by Gasteiger charge is 2.21. The lowest BCUT2D eigenvalue weighted by atomic mass is 9.85.